The van der Waals surface area contributed by atoms with Crippen molar-refractivity contribution in [2.45, 2.75) is 20.1 Å². The Hall–Kier alpha value is -1.97. The quantitative estimate of drug-likeness (QED) is 0.887. The van der Waals surface area contributed by atoms with Gasteiger partial charge in [0.2, 0.25) is 5.91 Å². The zero-order valence-corrected chi connectivity index (χ0v) is 10.9. The number of allylic oxidation sites excluding steroid dienone is 1. The van der Waals surface area contributed by atoms with Crippen LogP contribution in [-0.4, -0.2) is 17.9 Å². The monoisotopic (exact) mass is 246 g/mol. The zero-order chi connectivity index (χ0) is 13.3. The van der Waals surface area contributed by atoms with E-state index >= 15 is 0 Å². The van der Waals surface area contributed by atoms with Crippen LogP contribution in [0, 0.1) is 5.92 Å². The van der Waals surface area contributed by atoms with Crippen LogP contribution in [0.5, 0.6) is 0 Å². The van der Waals surface area contributed by atoms with Crippen LogP contribution in [0.2, 0.25) is 0 Å². The lowest BCUT2D eigenvalue weighted by Gasteiger charge is -2.25. The van der Waals surface area contributed by atoms with E-state index in [0.717, 1.165) is 17.0 Å². The second kappa shape index (κ2) is 4.72. The predicted molar refractivity (Wildman–Crippen MR) is 69.1 cm³/mol. The maximum Gasteiger partial charge on any atom is 0.226 e. The molecule has 0 saturated heterocycles. The molecule has 0 spiro atoms. The number of carbonyl (C=O) groups excluding carboxylic acids is 1. The first-order valence-electron chi connectivity index (χ1n) is 5.97. The average Bonchev–Trinajstić information content (AvgIpc) is 2.65. The van der Waals surface area contributed by atoms with E-state index in [2.05, 4.69) is 0 Å². The summed E-state index contributed by atoms with van der Waals surface area (Å²) in [5.41, 5.74) is 7.29. The van der Waals surface area contributed by atoms with Gasteiger partial charge in [-0.05, 0) is 13.8 Å². The van der Waals surface area contributed by atoms with Gasteiger partial charge >= 0.3 is 0 Å². The Kier molecular flexibility index (Phi) is 3.28. The molecule has 1 aliphatic rings. The summed E-state index contributed by atoms with van der Waals surface area (Å²) in [5, 5.41) is 0. The molecule has 96 valence electrons. The number of primary amides is 1. The van der Waals surface area contributed by atoms with Gasteiger partial charge in [-0.2, -0.15) is 0 Å². The number of hydrogen-bond acceptors (Lipinski definition) is 3. The van der Waals surface area contributed by atoms with Crippen molar-refractivity contribution in [1.82, 2.24) is 4.90 Å². The maximum absolute atomic E-state index is 11.3. The lowest BCUT2D eigenvalue weighted by Crippen LogP contribution is -2.30. The van der Waals surface area contributed by atoms with Crippen molar-refractivity contribution >= 4 is 5.91 Å². The van der Waals surface area contributed by atoms with Crippen LogP contribution in [0.4, 0.5) is 0 Å². The van der Waals surface area contributed by atoms with Crippen molar-refractivity contribution < 1.29 is 9.53 Å². The van der Waals surface area contributed by atoms with Crippen LogP contribution in [0.1, 0.15) is 25.6 Å². The number of nitrogens with zero attached hydrogens (tertiary/aromatic N) is 1. The molecule has 1 heterocycles. The highest BCUT2D eigenvalue weighted by molar-refractivity contribution is 5.79. The van der Waals surface area contributed by atoms with E-state index in [1.165, 1.54) is 0 Å². The van der Waals surface area contributed by atoms with Gasteiger partial charge in [0.05, 0.1) is 11.6 Å². The molecular weight excluding hydrogens is 228 g/mol. The summed E-state index contributed by atoms with van der Waals surface area (Å²) in [6.07, 6.45) is -0.178. The third-order valence-corrected chi connectivity index (χ3v) is 3.30. The Balaban J connectivity index is 2.27. The van der Waals surface area contributed by atoms with Gasteiger partial charge in [-0.1, -0.05) is 30.3 Å². The van der Waals surface area contributed by atoms with E-state index in [1.54, 1.807) is 6.92 Å². The van der Waals surface area contributed by atoms with E-state index in [1.807, 2.05) is 49.2 Å². The minimum Gasteiger partial charge on any atom is -0.469 e. The fraction of sp³-hybridized carbons (Fsp3) is 0.357. The van der Waals surface area contributed by atoms with E-state index in [4.69, 9.17) is 10.5 Å². The van der Waals surface area contributed by atoms with Gasteiger partial charge in [0.25, 0.3) is 0 Å². The molecule has 1 aromatic rings. The topological polar surface area (TPSA) is 55.6 Å². The molecule has 2 unspecified atom stereocenters. The Morgan fingerprint density at radius 1 is 1.39 bits per heavy atom. The number of rotatable bonds is 3. The number of nitrogens with two attached hydrogens (primary N) is 1. The summed E-state index contributed by atoms with van der Waals surface area (Å²) < 4.78 is 5.84. The van der Waals surface area contributed by atoms with Crippen molar-refractivity contribution in [1.29, 1.82) is 0 Å². The van der Waals surface area contributed by atoms with E-state index < -0.39 is 0 Å². The van der Waals surface area contributed by atoms with E-state index in [9.17, 15) is 4.79 Å². The Morgan fingerprint density at radius 2 is 2.00 bits per heavy atom. The van der Waals surface area contributed by atoms with Crippen molar-refractivity contribution in [2.24, 2.45) is 11.7 Å². The van der Waals surface area contributed by atoms with Crippen molar-refractivity contribution in [3.63, 3.8) is 0 Å². The fourth-order valence-electron chi connectivity index (χ4n) is 2.34. The maximum atomic E-state index is 11.3. The van der Waals surface area contributed by atoms with Gasteiger partial charge in [-0.15, -0.1) is 0 Å². The Morgan fingerprint density at radius 3 is 2.56 bits per heavy atom. The van der Waals surface area contributed by atoms with Gasteiger partial charge in [0.15, 0.2) is 6.23 Å². The van der Waals surface area contributed by atoms with Gasteiger partial charge in [0, 0.05) is 12.6 Å². The van der Waals surface area contributed by atoms with Crippen LogP contribution in [0.25, 0.3) is 0 Å². The molecule has 18 heavy (non-hydrogen) atoms. The molecule has 0 bridgehead atoms. The molecule has 4 nitrogen and oxygen atoms in total. The van der Waals surface area contributed by atoms with Gasteiger partial charge in [-0.25, -0.2) is 0 Å². The molecule has 0 fully saturated rings. The van der Waals surface area contributed by atoms with Crippen LogP contribution in [-0.2, 0) is 9.53 Å². The molecule has 0 aliphatic carbocycles. The molecule has 1 aromatic carbocycles. The highest BCUT2D eigenvalue weighted by Crippen LogP contribution is 2.37. The van der Waals surface area contributed by atoms with Gasteiger partial charge < -0.3 is 15.4 Å². The normalized spacial score (nSPS) is 20.8. The molecule has 2 N–H and O–H groups in total. The molecule has 0 aromatic heterocycles. The first-order valence-corrected chi connectivity index (χ1v) is 5.97. The van der Waals surface area contributed by atoms with E-state index in [-0.39, 0.29) is 18.1 Å². The summed E-state index contributed by atoms with van der Waals surface area (Å²) in [6, 6.07) is 9.92. The molecule has 2 rings (SSSR count). The number of carbonyl (C=O) groups is 1. The van der Waals surface area contributed by atoms with Gasteiger partial charge in [0.1, 0.15) is 5.76 Å². The number of amides is 1. The third kappa shape index (κ3) is 2.06. The summed E-state index contributed by atoms with van der Waals surface area (Å²) in [4.78, 5) is 13.3. The fourth-order valence-corrected chi connectivity index (χ4v) is 2.34. The average molecular weight is 246 g/mol. The minimum atomic E-state index is -0.344. The smallest absolute Gasteiger partial charge is 0.226 e. The summed E-state index contributed by atoms with van der Waals surface area (Å²) in [5.74, 6) is 0.0786. The van der Waals surface area contributed by atoms with Crippen LogP contribution in [0.3, 0.4) is 0 Å². The van der Waals surface area contributed by atoms with Crippen LogP contribution in [0.15, 0.2) is 41.8 Å². The second-order valence-corrected chi connectivity index (χ2v) is 4.56. The summed E-state index contributed by atoms with van der Waals surface area (Å²) in [7, 11) is 1.92. The van der Waals surface area contributed by atoms with E-state index in [0.29, 0.717) is 0 Å². The first-order chi connectivity index (χ1) is 8.52. The third-order valence-electron chi connectivity index (χ3n) is 3.30. The van der Waals surface area contributed by atoms with Crippen molar-refractivity contribution in [2.75, 3.05) is 7.05 Å². The van der Waals surface area contributed by atoms with Crippen LogP contribution >= 0.6 is 0 Å². The molecule has 2 atom stereocenters. The van der Waals surface area contributed by atoms with Crippen molar-refractivity contribution in [3.8, 4) is 0 Å². The largest absolute Gasteiger partial charge is 0.469 e. The molecule has 1 amide bonds. The number of benzene rings is 1. The van der Waals surface area contributed by atoms with Gasteiger partial charge in [-0.3, -0.25) is 4.79 Å². The summed E-state index contributed by atoms with van der Waals surface area (Å²) in [6.45, 7) is 3.67. The predicted octanol–water partition coefficient (Wildman–Crippen LogP) is 2.00. The number of ether oxygens (including phenoxy) is 1. The zero-order valence-electron chi connectivity index (χ0n) is 10.9. The van der Waals surface area contributed by atoms with Crippen molar-refractivity contribution in [3.05, 3.63) is 47.4 Å². The standard InChI is InChI=1S/C14H18N2O2/c1-9(13(15)17)12-10(2)18-14(16(12)3)11-7-5-4-6-8-11/h4-9,14H,1-3H3,(H2,15,17). The highest BCUT2D eigenvalue weighted by atomic mass is 16.5. The molecular formula is C14H18N2O2. The molecule has 1 aliphatic heterocycles. The lowest BCUT2D eigenvalue weighted by atomic mass is 10.1. The SMILES string of the molecule is CC1=C(C(C)C(N)=O)N(C)C(c2ccccc2)O1. The van der Waals surface area contributed by atoms with Crippen LogP contribution < -0.4 is 5.73 Å². The lowest BCUT2D eigenvalue weighted by molar-refractivity contribution is -0.120. The molecule has 0 radical (unpaired) electrons. The molecule has 0 saturated carbocycles. The Bertz CT molecular complexity index is 482. The highest BCUT2D eigenvalue weighted by Gasteiger charge is 2.34. The Labute approximate surface area is 107 Å². The molecule has 4 heteroatoms. The number of hydrogen-bond donors (Lipinski definition) is 1. The second-order valence-electron chi connectivity index (χ2n) is 4.56. The summed E-state index contributed by atoms with van der Waals surface area (Å²) >= 11 is 0. The minimum absolute atomic E-state index is 0.178. The first kappa shape index (κ1) is 12.5.